The molecule has 8 nitrogen and oxygen atoms in total. The lowest BCUT2D eigenvalue weighted by atomic mass is 9.93. The minimum atomic E-state index is -1.62. The van der Waals surface area contributed by atoms with E-state index in [1.54, 1.807) is 32.0 Å². The van der Waals surface area contributed by atoms with E-state index in [-0.39, 0.29) is 19.0 Å². The van der Waals surface area contributed by atoms with Crippen molar-refractivity contribution in [1.82, 2.24) is 0 Å². The average Bonchev–Trinajstić information content (AvgIpc) is 3.26. The Morgan fingerprint density at radius 1 is 1.07 bits per heavy atom. The molecule has 0 unspecified atom stereocenters. The van der Waals surface area contributed by atoms with Gasteiger partial charge in [-0.1, -0.05) is 6.07 Å². The fourth-order valence-electron chi connectivity index (χ4n) is 4.28. The Bertz CT molecular complexity index is 865. The maximum Gasteiger partial charge on any atom is 0.293 e. The molecule has 0 radical (unpaired) electrons. The number of methoxy groups -OCH3 is 2. The van der Waals surface area contributed by atoms with Gasteiger partial charge in [0.05, 0.1) is 26.4 Å². The van der Waals surface area contributed by atoms with Crippen molar-refractivity contribution in [3.8, 4) is 23.6 Å². The van der Waals surface area contributed by atoms with Crippen LogP contribution in [0.1, 0.15) is 25.3 Å². The van der Waals surface area contributed by atoms with Crippen LogP contribution >= 0.6 is 0 Å². The molecule has 0 bridgehead atoms. The van der Waals surface area contributed by atoms with Crippen molar-refractivity contribution in [2.75, 3.05) is 27.4 Å². The summed E-state index contributed by atoms with van der Waals surface area (Å²) in [5, 5.41) is 20.2. The molecule has 3 rings (SSSR count). The van der Waals surface area contributed by atoms with Gasteiger partial charge in [0.25, 0.3) is 5.91 Å². The van der Waals surface area contributed by atoms with Crippen LogP contribution < -0.4 is 15.2 Å². The molecule has 1 aliphatic heterocycles. The molecule has 8 heteroatoms. The number of ether oxygens (including phenoxy) is 4. The van der Waals surface area contributed by atoms with Gasteiger partial charge in [0.15, 0.2) is 16.9 Å². The van der Waals surface area contributed by atoms with Gasteiger partial charge >= 0.3 is 0 Å². The summed E-state index contributed by atoms with van der Waals surface area (Å²) in [4.78, 5) is 4.32. The minimum Gasteiger partial charge on any atom is -0.493 e. The number of benzene rings is 1. The molecule has 2 N–H and O–H groups in total. The molecule has 0 aromatic heterocycles. The van der Waals surface area contributed by atoms with Gasteiger partial charge in [-0.05, 0) is 31.5 Å². The number of nitrogens with two attached hydrogens (primary N) is 1. The van der Waals surface area contributed by atoms with Crippen molar-refractivity contribution in [2.24, 2.45) is 21.6 Å². The second-order valence-corrected chi connectivity index (χ2v) is 6.33. The van der Waals surface area contributed by atoms with Crippen molar-refractivity contribution in [1.29, 1.82) is 10.5 Å². The van der Waals surface area contributed by atoms with E-state index >= 15 is 0 Å². The van der Waals surface area contributed by atoms with Gasteiger partial charge in [0.1, 0.15) is 11.3 Å². The zero-order valence-electron chi connectivity index (χ0n) is 15.8. The lowest BCUT2D eigenvalue weighted by Gasteiger charge is -2.31. The summed E-state index contributed by atoms with van der Waals surface area (Å²) in [5.74, 6) is -1.10. The summed E-state index contributed by atoms with van der Waals surface area (Å²) in [7, 11) is 3.06. The van der Waals surface area contributed by atoms with Gasteiger partial charge in [-0.2, -0.15) is 10.5 Å². The molecule has 142 valence electrons. The van der Waals surface area contributed by atoms with E-state index in [1.807, 2.05) is 0 Å². The van der Waals surface area contributed by atoms with E-state index < -0.39 is 22.7 Å². The Balaban J connectivity index is 2.21. The molecule has 1 aliphatic carbocycles. The second kappa shape index (κ2) is 6.41. The van der Waals surface area contributed by atoms with Crippen molar-refractivity contribution in [3.63, 3.8) is 0 Å². The maximum absolute atomic E-state index is 10.2. The molecule has 0 amide bonds. The van der Waals surface area contributed by atoms with Crippen LogP contribution in [0.4, 0.5) is 0 Å². The molecule has 1 saturated carbocycles. The monoisotopic (exact) mass is 370 g/mol. The molecule has 27 heavy (non-hydrogen) atoms. The highest BCUT2D eigenvalue weighted by molar-refractivity contribution is 6.00. The van der Waals surface area contributed by atoms with Crippen molar-refractivity contribution < 1.29 is 18.9 Å². The summed E-state index contributed by atoms with van der Waals surface area (Å²) in [6, 6.07) is 9.77. The van der Waals surface area contributed by atoms with E-state index in [4.69, 9.17) is 24.7 Å². The predicted molar refractivity (Wildman–Crippen MR) is 96.0 cm³/mol. The number of hydrogen-bond acceptors (Lipinski definition) is 8. The largest absolute Gasteiger partial charge is 0.493 e. The third kappa shape index (κ3) is 2.05. The van der Waals surface area contributed by atoms with Crippen LogP contribution in [0.5, 0.6) is 11.5 Å². The van der Waals surface area contributed by atoms with Crippen LogP contribution in [0, 0.1) is 33.5 Å². The van der Waals surface area contributed by atoms with Gasteiger partial charge in [-0.3, -0.25) is 0 Å². The van der Waals surface area contributed by atoms with Crippen molar-refractivity contribution in [3.05, 3.63) is 23.8 Å². The van der Waals surface area contributed by atoms with E-state index in [0.29, 0.717) is 17.1 Å². The molecule has 3 atom stereocenters. The summed E-state index contributed by atoms with van der Waals surface area (Å²) >= 11 is 0. The summed E-state index contributed by atoms with van der Waals surface area (Å²) in [6.07, 6.45) is 0. The van der Waals surface area contributed by atoms with Crippen LogP contribution in [-0.4, -0.2) is 39.2 Å². The highest BCUT2D eigenvalue weighted by Crippen LogP contribution is 2.82. The topological polar surface area (TPSA) is 123 Å². The first-order valence-corrected chi connectivity index (χ1v) is 8.66. The Labute approximate surface area is 158 Å². The fraction of sp³-hybridized carbons (Fsp3) is 0.526. The van der Waals surface area contributed by atoms with Gasteiger partial charge in [0.2, 0.25) is 0 Å². The van der Waals surface area contributed by atoms with Crippen LogP contribution in [0.25, 0.3) is 0 Å². The Morgan fingerprint density at radius 3 is 2.19 bits per heavy atom. The van der Waals surface area contributed by atoms with Crippen molar-refractivity contribution >= 4 is 5.84 Å². The molecule has 0 spiro atoms. The van der Waals surface area contributed by atoms with Crippen LogP contribution in [0.15, 0.2) is 23.2 Å². The smallest absolute Gasteiger partial charge is 0.293 e. The van der Waals surface area contributed by atoms with Crippen LogP contribution in [-0.2, 0) is 9.47 Å². The minimum absolute atomic E-state index is 0.0493. The maximum atomic E-state index is 10.2. The third-order valence-electron chi connectivity index (χ3n) is 5.35. The molecule has 1 fully saturated rings. The number of aliphatic imine (C=N–C) groups is 1. The van der Waals surface area contributed by atoms with Gasteiger partial charge in [-0.15, -0.1) is 0 Å². The number of nitriles is 2. The molecule has 1 heterocycles. The molecule has 0 saturated heterocycles. The van der Waals surface area contributed by atoms with Gasteiger partial charge in [-0.25, -0.2) is 4.99 Å². The standard InChI is InChI=1S/C19H22N4O4/c1-5-26-19(27-6-2)18(11-21)15(17(18,10-20)16(22)23-19)12-7-8-13(24-3)14(9-12)25-4/h7-9,15H,5-6H2,1-4H3,(H2,22,23)/t15-,17+,18-/m1/s1. The third-order valence-corrected chi connectivity index (χ3v) is 5.35. The van der Waals surface area contributed by atoms with Crippen LogP contribution in [0.3, 0.4) is 0 Å². The number of hydrogen-bond donors (Lipinski definition) is 1. The van der Waals surface area contributed by atoms with E-state index in [2.05, 4.69) is 17.1 Å². The molecule has 1 aromatic carbocycles. The number of fused-ring (bicyclic) bond motifs is 1. The lowest BCUT2D eigenvalue weighted by Crippen LogP contribution is -2.43. The number of amidine groups is 1. The van der Waals surface area contributed by atoms with E-state index in [0.717, 1.165) is 0 Å². The quantitative estimate of drug-likeness (QED) is 0.727. The number of rotatable bonds is 7. The molecule has 1 aromatic rings. The first kappa shape index (κ1) is 19.0. The first-order chi connectivity index (χ1) is 13.0. The molecular formula is C19H22N4O4. The SMILES string of the molecule is CCOC1(OCC)N=C(N)[C@]2(C#N)[C@@H](c3ccc(OC)c(OC)c3)[C@@]12C#N. The normalized spacial score (nSPS) is 29.9. The predicted octanol–water partition coefficient (Wildman–Crippen LogP) is 1.92. The number of nitrogens with zero attached hydrogens (tertiary/aromatic N) is 3. The van der Waals surface area contributed by atoms with Gasteiger partial charge < -0.3 is 24.7 Å². The highest BCUT2D eigenvalue weighted by Gasteiger charge is 2.93. The highest BCUT2D eigenvalue weighted by atomic mass is 16.7. The molecular weight excluding hydrogens is 348 g/mol. The van der Waals surface area contributed by atoms with Gasteiger partial charge in [0, 0.05) is 19.1 Å². The molecule has 2 aliphatic rings. The summed E-state index contributed by atoms with van der Waals surface area (Å²) in [6.45, 7) is 4.05. The fourth-order valence-corrected chi connectivity index (χ4v) is 4.28. The van der Waals surface area contributed by atoms with E-state index in [1.165, 1.54) is 14.2 Å². The average molecular weight is 370 g/mol. The zero-order chi connectivity index (χ0) is 19.9. The first-order valence-electron chi connectivity index (χ1n) is 8.66. The van der Waals surface area contributed by atoms with Crippen LogP contribution in [0.2, 0.25) is 0 Å². The zero-order valence-corrected chi connectivity index (χ0v) is 15.8. The summed E-state index contributed by atoms with van der Waals surface area (Å²) < 4.78 is 22.3. The Morgan fingerprint density at radius 2 is 1.70 bits per heavy atom. The Hall–Kier alpha value is -2.81. The second-order valence-electron chi connectivity index (χ2n) is 6.33. The van der Waals surface area contributed by atoms with Crippen molar-refractivity contribution in [2.45, 2.75) is 25.7 Å². The Kier molecular flexibility index (Phi) is 4.51. The van der Waals surface area contributed by atoms with E-state index in [9.17, 15) is 10.5 Å². The summed E-state index contributed by atoms with van der Waals surface area (Å²) in [5.41, 5.74) is 4.17. The lowest BCUT2D eigenvalue weighted by molar-refractivity contribution is -0.255.